The van der Waals surface area contributed by atoms with Crippen LogP contribution in [0.15, 0.2) is 54.6 Å². The first-order valence-corrected chi connectivity index (χ1v) is 9.56. The third kappa shape index (κ3) is 5.55. The zero-order chi connectivity index (χ0) is 19.2. The summed E-state index contributed by atoms with van der Waals surface area (Å²) in [6.45, 7) is 6.42. The first kappa shape index (κ1) is 19.4. The predicted octanol–water partition coefficient (Wildman–Crippen LogP) is 2.52. The Labute approximate surface area is 161 Å². The molecule has 27 heavy (non-hydrogen) atoms. The molecule has 1 aliphatic heterocycles. The van der Waals surface area contributed by atoms with Crippen LogP contribution >= 0.6 is 0 Å². The number of carbonyl (C=O) groups excluding carboxylic acids is 1. The van der Waals surface area contributed by atoms with Crippen molar-refractivity contribution in [2.24, 2.45) is 5.73 Å². The van der Waals surface area contributed by atoms with Crippen LogP contribution in [0.5, 0.6) is 5.75 Å². The summed E-state index contributed by atoms with van der Waals surface area (Å²) < 4.78 is 5.70. The van der Waals surface area contributed by atoms with Crippen LogP contribution in [0.3, 0.4) is 0 Å². The number of rotatable bonds is 7. The molecule has 0 aromatic heterocycles. The Kier molecular flexibility index (Phi) is 6.48. The van der Waals surface area contributed by atoms with Gasteiger partial charge in [-0.25, -0.2) is 0 Å². The monoisotopic (exact) mass is 367 g/mol. The van der Waals surface area contributed by atoms with E-state index in [4.69, 9.17) is 10.5 Å². The van der Waals surface area contributed by atoms with Crippen LogP contribution in [-0.4, -0.2) is 42.6 Å². The number of carbonyl (C=O) groups is 1. The van der Waals surface area contributed by atoms with Gasteiger partial charge in [0.1, 0.15) is 5.75 Å². The molecule has 0 aliphatic carbocycles. The number of nitrogens with one attached hydrogen (secondary N) is 1. The van der Waals surface area contributed by atoms with E-state index in [2.05, 4.69) is 22.3 Å². The molecule has 0 saturated carbocycles. The first-order valence-electron chi connectivity index (χ1n) is 9.56. The molecule has 1 saturated heterocycles. The van der Waals surface area contributed by atoms with Crippen molar-refractivity contribution in [3.05, 3.63) is 65.7 Å². The molecule has 0 radical (unpaired) electrons. The lowest BCUT2D eigenvalue weighted by Crippen LogP contribution is -2.37. The van der Waals surface area contributed by atoms with Gasteiger partial charge in [0.05, 0.1) is 12.6 Å². The molecular weight excluding hydrogens is 338 g/mol. The zero-order valence-corrected chi connectivity index (χ0v) is 16.1. The maximum Gasteiger partial charge on any atom is 0.234 e. The molecule has 5 nitrogen and oxygen atoms in total. The number of nitrogens with two attached hydrogens (primary N) is 1. The molecule has 5 heteroatoms. The summed E-state index contributed by atoms with van der Waals surface area (Å²) in [7, 11) is 0. The molecule has 2 aromatic carbocycles. The van der Waals surface area contributed by atoms with E-state index in [1.807, 2.05) is 56.3 Å². The Bertz CT molecular complexity index is 748. The Morgan fingerprint density at radius 1 is 1.19 bits per heavy atom. The Balaban J connectivity index is 1.49. The number of ether oxygens (including phenoxy) is 1. The van der Waals surface area contributed by atoms with Crippen molar-refractivity contribution < 1.29 is 9.53 Å². The van der Waals surface area contributed by atoms with Crippen LogP contribution < -0.4 is 15.8 Å². The fourth-order valence-corrected chi connectivity index (χ4v) is 3.56. The molecule has 0 bridgehead atoms. The zero-order valence-electron chi connectivity index (χ0n) is 16.1. The summed E-state index contributed by atoms with van der Waals surface area (Å²) in [6, 6.07) is 18.2. The van der Waals surface area contributed by atoms with Gasteiger partial charge >= 0.3 is 0 Å². The SMILES string of the molecule is CC(C)Oc1cccc(CNC(=O)CN2C[C@@H](N)[C@H](c3ccccc3)C2)c1. The molecule has 144 valence electrons. The van der Waals surface area contributed by atoms with Crippen molar-refractivity contribution in [2.45, 2.75) is 38.5 Å². The minimum absolute atomic E-state index is 0.0195. The maximum absolute atomic E-state index is 12.4. The van der Waals surface area contributed by atoms with Gasteiger partial charge in [0.15, 0.2) is 0 Å². The molecule has 2 atom stereocenters. The lowest BCUT2D eigenvalue weighted by atomic mass is 9.95. The summed E-state index contributed by atoms with van der Waals surface area (Å²) in [6.07, 6.45) is 0.131. The second-order valence-electron chi connectivity index (χ2n) is 7.47. The third-order valence-electron chi connectivity index (χ3n) is 4.80. The van der Waals surface area contributed by atoms with Crippen molar-refractivity contribution in [2.75, 3.05) is 19.6 Å². The van der Waals surface area contributed by atoms with E-state index >= 15 is 0 Å². The number of likely N-dealkylation sites (tertiary alicyclic amines) is 1. The summed E-state index contributed by atoms with van der Waals surface area (Å²) in [5.41, 5.74) is 8.59. The molecule has 1 fully saturated rings. The van der Waals surface area contributed by atoms with E-state index in [9.17, 15) is 4.79 Å². The maximum atomic E-state index is 12.4. The molecule has 3 N–H and O–H groups in total. The van der Waals surface area contributed by atoms with Crippen LogP contribution in [0.25, 0.3) is 0 Å². The molecule has 0 unspecified atom stereocenters. The van der Waals surface area contributed by atoms with Crippen molar-refractivity contribution >= 4 is 5.91 Å². The normalized spacial score (nSPS) is 20.0. The molecule has 1 heterocycles. The third-order valence-corrected chi connectivity index (χ3v) is 4.80. The quantitative estimate of drug-likeness (QED) is 0.789. The van der Waals surface area contributed by atoms with E-state index in [1.165, 1.54) is 5.56 Å². The van der Waals surface area contributed by atoms with Crippen molar-refractivity contribution in [3.63, 3.8) is 0 Å². The number of hydrogen-bond donors (Lipinski definition) is 2. The van der Waals surface area contributed by atoms with Crippen LogP contribution in [0, 0.1) is 0 Å². The Hall–Kier alpha value is -2.37. The topological polar surface area (TPSA) is 67.6 Å². The van der Waals surface area contributed by atoms with Crippen LogP contribution in [0.2, 0.25) is 0 Å². The van der Waals surface area contributed by atoms with E-state index in [0.29, 0.717) is 13.1 Å². The molecule has 3 rings (SSSR count). The molecule has 0 spiro atoms. The highest BCUT2D eigenvalue weighted by molar-refractivity contribution is 5.78. The summed E-state index contributed by atoms with van der Waals surface area (Å²) in [5, 5.41) is 3.00. The van der Waals surface area contributed by atoms with Gasteiger partial charge in [-0.05, 0) is 37.1 Å². The highest BCUT2D eigenvalue weighted by Crippen LogP contribution is 2.26. The Morgan fingerprint density at radius 3 is 2.70 bits per heavy atom. The van der Waals surface area contributed by atoms with E-state index < -0.39 is 0 Å². The van der Waals surface area contributed by atoms with Crippen molar-refractivity contribution in [1.82, 2.24) is 10.2 Å². The van der Waals surface area contributed by atoms with Crippen LogP contribution in [0.4, 0.5) is 0 Å². The minimum atomic E-state index is 0.0195. The van der Waals surface area contributed by atoms with Gasteiger partial charge < -0.3 is 15.8 Å². The fourth-order valence-electron chi connectivity index (χ4n) is 3.56. The number of nitrogens with zero attached hydrogens (tertiary/aromatic N) is 1. The second-order valence-corrected chi connectivity index (χ2v) is 7.47. The largest absolute Gasteiger partial charge is 0.491 e. The summed E-state index contributed by atoms with van der Waals surface area (Å²) in [5.74, 6) is 1.13. The molecule has 2 aromatic rings. The minimum Gasteiger partial charge on any atom is -0.491 e. The van der Waals surface area contributed by atoms with Crippen molar-refractivity contribution in [1.29, 1.82) is 0 Å². The highest BCUT2D eigenvalue weighted by atomic mass is 16.5. The Morgan fingerprint density at radius 2 is 1.96 bits per heavy atom. The van der Waals surface area contributed by atoms with E-state index in [1.54, 1.807) is 0 Å². The molecular formula is C22H29N3O2. The number of benzene rings is 2. The average molecular weight is 367 g/mol. The van der Waals surface area contributed by atoms with Gasteiger partial charge in [0.2, 0.25) is 5.91 Å². The van der Waals surface area contributed by atoms with Gasteiger partial charge in [0.25, 0.3) is 0 Å². The lowest BCUT2D eigenvalue weighted by Gasteiger charge is -2.16. The summed E-state index contributed by atoms with van der Waals surface area (Å²) >= 11 is 0. The van der Waals surface area contributed by atoms with E-state index in [-0.39, 0.29) is 24.0 Å². The highest BCUT2D eigenvalue weighted by Gasteiger charge is 2.31. The number of hydrogen-bond acceptors (Lipinski definition) is 4. The molecule has 1 amide bonds. The smallest absolute Gasteiger partial charge is 0.234 e. The second kappa shape index (κ2) is 9.02. The standard InChI is InChI=1S/C22H29N3O2/c1-16(2)27-19-10-6-7-17(11-19)12-24-22(26)15-25-13-20(21(23)14-25)18-8-4-3-5-9-18/h3-11,16,20-21H,12-15,23H2,1-2H3,(H,24,26)/t20-,21+/m0/s1. The summed E-state index contributed by atoms with van der Waals surface area (Å²) in [4.78, 5) is 14.5. The van der Waals surface area contributed by atoms with Crippen LogP contribution in [0.1, 0.15) is 30.9 Å². The van der Waals surface area contributed by atoms with Gasteiger partial charge in [-0.15, -0.1) is 0 Å². The van der Waals surface area contributed by atoms with Gasteiger partial charge in [0, 0.05) is 31.6 Å². The van der Waals surface area contributed by atoms with Gasteiger partial charge in [-0.1, -0.05) is 42.5 Å². The number of amides is 1. The predicted molar refractivity (Wildman–Crippen MR) is 108 cm³/mol. The fraction of sp³-hybridized carbons (Fsp3) is 0.409. The van der Waals surface area contributed by atoms with Gasteiger partial charge in [-0.3, -0.25) is 9.69 Å². The average Bonchev–Trinajstić information content (AvgIpc) is 3.00. The van der Waals surface area contributed by atoms with Gasteiger partial charge in [-0.2, -0.15) is 0 Å². The first-order chi connectivity index (χ1) is 13.0. The van der Waals surface area contributed by atoms with E-state index in [0.717, 1.165) is 24.4 Å². The van der Waals surface area contributed by atoms with Crippen molar-refractivity contribution in [3.8, 4) is 5.75 Å². The van der Waals surface area contributed by atoms with Crippen LogP contribution in [-0.2, 0) is 11.3 Å². The lowest BCUT2D eigenvalue weighted by molar-refractivity contribution is -0.122. The molecule has 1 aliphatic rings.